The SMILES string of the molecule is C.CC(=O)CC(C)=O.CCN(CC)CC.CN.CNC(C)=O.CO. The number of carbonyl (C=O) groups is 3. The molecule has 0 radical (unpaired) electrons. The van der Waals surface area contributed by atoms with E-state index in [0.717, 1.165) is 7.11 Å². The van der Waals surface area contributed by atoms with Gasteiger partial charge in [-0.1, -0.05) is 28.2 Å². The zero-order valence-electron chi connectivity index (χ0n) is 16.5. The van der Waals surface area contributed by atoms with Gasteiger partial charge in [0.2, 0.25) is 5.91 Å². The van der Waals surface area contributed by atoms with Crippen LogP contribution in [0.4, 0.5) is 0 Å². The van der Waals surface area contributed by atoms with Gasteiger partial charge in [0.15, 0.2) is 0 Å². The van der Waals surface area contributed by atoms with E-state index < -0.39 is 0 Å². The van der Waals surface area contributed by atoms with Crippen molar-refractivity contribution in [3.05, 3.63) is 0 Å². The fraction of sp³-hybridized carbons (Fsp3) is 0.824. The largest absolute Gasteiger partial charge is 0.400 e. The smallest absolute Gasteiger partial charge is 0.216 e. The van der Waals surface area contributed by atoms with E-state index >= 15 is 0 Å². The summed E-state index contributed by atoms with van der Waals surface area (Å²) in [6.45, 7) is 14.4. The molecule has 0 aromatic carbocycles. The monoisotopic (exact) mass is 353 g/mol. The van der Waals surface area contributed by atoms with Gasteiger partial charge < -0.3 is 21.1 Å². The summed E-state index contributed by atoms with van der Waals surface area (Å²) in [4.78, 5) is 32.1. The number of carbonyl (C=O) groups excluding carboxylic acids is 3. The van der Waals surface area contributed by atoms with Gasteiger partial charge in [0.1, 0.15) is 11.6 Å². The molecule has 0 saturated heterocycles. The maximum Gasteiger partial charge on any atom is 0.216 e. The fourth-order valence-corrected chi connectivity index (χ4v) is 1.02. The third kappa shape index (κ3) is 70.2. The van der Waals surface area contributed by atoms with E-state index in [1.165, 1.54) is 47.5 Å². The topological polar surface area (TPSA) is 113 Å². The highest BCUT2D eigenvalue weighted by atomic mass is 16.2. The molecule has 0 aliphatic heterocycles. The Morgan fingerprint density at radius 3 is 1.08 bits per heavy atom. The Balaban J connectivity index is -0.0000000453. The number of nitrogens with one attached hydrogen (secondary N) is 1. The van der Waals surface area contributed by atoms with Crippen molar-refractivity contribution in [2.75, 3.05) is 40.8 Å². The predicted octanol–water partition coefficient (Wildman–Crippen LogP) is 1.47. The number of amides is 1. The Morgan fingerprint density at radius 1 is 0.875 bits per heavy atom. The zero-order chi connectivity index (χ0) is 19.8. The summed E-state index contributed by atoms with van der Waals surface area (Å²) < 4.78 is 0. The van der Waals surface area contributed by atoms with Crippen molar-refractivity contribution in [2.45, 2.75) is 55.4 Å². The van der Waals surface area contributed by atoms with Crippen LogP contribution >= 0.6 is 0 Å². The maximum atomic E-state index is 10.0. The second-order valence-corrected chi connectivity index (χ2v) is 4.01. The molecular weight excluding hydrogens is 310 g/mol. The summed E-state index contributed by atoms with van der Waals surface area (Å²) in [6.07, 6.45) is 0.0833. The van der Waals surface area contributed by atoms with Gasteiger partial charge in [-0.25, -0.2) is 0 Å². The molecule has 0 spiro atoms. The lowest BCUT2D eigenvalue weighted by Crippen LogP contribution is -2.21. The van der Waals surface area contributed by atoms with Gasteiger partial charge in [0, 0.05) is 21.1 Å². The van der Waals surface area contributed by atoms with E-state index in [2.05, 4.69) is 36.7 Å². The van der Waals surface area contributed by atoms with Crippen LogP contribution in [-0.4, -0.2) is 68.3 Å². The first kappa shape index (κ1) is 38.3. The van der Waals surface area contributed by atoms with Crippen molar-refractivity contribution >= 4 is 17.5 Å². The third-order valence-electron chi connectivity index (χ3n) is 2.19. The molecule has 0 saturated carbocycles. The van der Waals surface area contributed by atoms with Crippen molar-refractivity contribution in [1.82, 2.24) is 10.2 Å². The second kappa shape index (κ2) is 37.7. The van der Waals surface area contributed by atoms with Gasteiger partial charge in [0.05, 0.1) is 6.42 Å². The molecule has 150 valence electrons. The van der Waals surface area contributed by atoms with Crippen LogP contribution in [0, 0.1) is 0 Å². The van der Waals surface area contributed by atoms with E-state index in [4.69, 9.17) is 5.11 Å². The van der Waals surface area contributed by atoms with Crippen LogP contribution in [0.25, 0.3) is 0 Å². The minimum atomic E-state index is -0.0625. The molecule has 7 nitrogen and oxygen atoms in total. The van der Waals surface area contributed by atoms with Crippen molar-refractivity contribution in [3.8, 4) is 0 Å². The van der Waals surface area contributed by atoms with Gasteiger partial charge in [-0.05, 0) is 40.5 Å². The number of rotatable bonds is 5. The highest BCUT2D eigenvalue weighted by Gasteiger charge is 1.94. The van der Waals surface area contributed by atoms with Crippen molar-refractivity contribution < 1.29 is 19.5 Å². The Hall–Kier alpha value is -1.31. The number of ketones is 2. The number of aliphatic hydroxyl groups is 1. The summed E-state index contributed by atoms with van der Waals surface area (Å²) in [5, 5.41) is 9.39. The highest BCUT2D eigenvalue weighted by molar-refractivity contribution is 5.96. The molecule has 24 heavy (non-hydrogen) atoms. The number of Topliss-reactive ketones (excluding diaryl/α,β-unsaturated/α-hetero) is 2. The fourth-order valence-electron chi connectivity index (χ4n) is 1.02. The molecule has 7 heteroatoms. The molecule has 0 rings (SSSR count). The third-order valence-corrected chi connectivity index (χ3v) is 2.19. The number of nitrogens with zero attached hydrogens (tertiary/aromatic N) is 1. The minimum Gasteiger partial charge on any atom is -0.400 e. The standard InChI is InChI=1S/C6H15N.C5H8O2.C3H7NO.CH5N.CH4O.CH4/c1-4-7(5-2)6-3;1-4(6)3-5(2)7;1-3(5)4-2;2*1-2;/h4-6H2,1-3H3;3H2,1-2H3;1-2H3,(H,4,5);2H2,1H3;2H,1H3;1H4. The lowest BCUT2D eigenvalue weighted by Gasteiger charge is -2.13. The van der Waals surface area contributed by atoms with Gasteiger partial charge in [-0.2, -0.15) is 0 Å². The summed E-state index contributed by atoms with van der Waals surface area (Å²) in [5.41, 5.74) is 4.50. The first-order valence-electron chi connectivity index (χ1n) is 7.66. The molecule has 0 aromatic rings. The molecule has 0 unspecified atom stereocenters. The molecule has 1 amide bonds. The Labute approximate surface area is 150 Å². The maximum absolute atomic E-state index is 10.0. The van der Waals surface area contributed by atoms with E-state index in [1.807, 2.05) is 0 Å². The molecule has 0 aromatic heterocycles. The van der Waals surface area contributed by atoms with E-state index in [-0.39, 0.29) is 31.3 Å². The van der Waals surface area contributed by atoms with Crippen LogP contribution in [0.1, 0.15) is 55.4 Å². The molecular formula is C17H43N3O4. The lowest BCUT2D eigenvalue weighted by molar-refractivity contribution is -0.124. The average Bonchev–Trinajstić information content (AvgIpc) is 2.53. The van der Waals surface area contributed by atoms with Crippen molar-refractivity contribution in [1.29, 1.82) is 0 Å². The van der Waals surface area contributed by atoms with Gasteiger partial charge >= 0.3 is 0 Å². The number of hydrogen-bond acceptors (Lipinski definition) is 6. The lowest BCUT2D eigenvalue weighted by atomic mass is 10.2. The van der Waals surface area contributed by atoms with Gasteiger partial charge in [0.25, 0.3) is 0 Å². The zero-order valence-corrected chi connectivity index (χ0v) is 16.5. The molecule has 0 fully saturated rings. The van der Waals surface area contributed by atoms with E-state index in [1.54, 1.807) is 7.05 Å². The molecule has 0 aliphatic rings. The first-order valence-corrected chi connectivity index (χ1v) is 7.66. The number of nitrogens with two attached hydrogens (primary N) is 1. The van der Waals surface area contributed by atoms with Crippen LogP contribution < -0.4 is 11.1 Å². The molecule has 0 atom stereocenters. The predicted molar refractivity (Wildman–Crippen MR) is 104 cm³/mol. The van der Waals surface area contributed by atoms with Crippen LogP contribution in [-0.2, 0) is 14.4 Å². The molecule has 0 heterocycles. The summed E-state index contributed by atoms with van der Waals surface area (Å²) >= 11 is 0. The van der Waals surface area contributed by atoms with E-state index in [9.17, 15) is 14.4 Å². The summed E-state index contributed by atoms with van der Waals surface area (Å²) in [5.74, 6) is -0.120. The second-order valence-electron chi connectivity index (χ2n) is 4.01. The summed E-state index contributed by atoms with van der Waals surface area (Å²) in [6, 6.07) is 0. The van der Waals surface area contributed by atoms with Crippen LogP contribution in [0.3, 0.4) is 0 Å². The quantitative estimate of drug-likeness (QED) is 0.645. The molecule has 0 bridgehead atoms. The Bertz CT molecular complexity index is 239. The number of hydrogen-bond donors (Lipinski definition) is 3. The average molecular weight is 354 g/mol. The van der Waals surface area contributed by atoms with Crippen LogP contribution in [0.5, 0.6) is 0 Å². The highest BCUT2D eigenvalue weighted by Crippen LogP contribution is 1.81. The van der Waals surface area contributed by atoms with Crippen LogP contribution in [0.15, 0.2) is 0 Å². The van der Waals surface area contributed by atoms with Crippen molar-refractivity contribution in [3.63, 3.8) is 0 Å². The number of aliphatic hydroxyl groups excluding tert-OH is 1. The summed E-state index contributed by atoms with van der Waals surface area (Å²) in [7, 11) is 4.10. The van der Waals surface area contributed by atoms with Crippen LogP contribution in [0.2, 0.25) is 0 Å². The molecule has 0 aliphatic carbocycles. The van der Waals surface area contributed by atoms with Gasteiger partial charge in [-0.15, -0.1) is 0 Å². The normalized spacial score (nSPS) is 7.33. The first-order chi connectivity index (χ1) is 10.7. The van der Waals surface area contributed by atoms with Crippen molar-refractivity contribution in [2.24, 2.45) is 5.73 Å². The van der Waals surface area contributed by atoms with E-state index in [0.29, 0.717) is 0 Å². The Morgan fingerprint density at radius 2 is 1.08 bits per heavy atom. The Kier molecular flexibility index (Phi) is 60.2. The molecule has 4 N–H and O–H groups in total. The minimum absolute atomic E-state index is 0. The van der Waals surface area contributed by atoms with Gasteiger partial charge in [-0.3, -0.25) is 14.4 Å².